The van der Waals surface area contributed by atoms with E-state index in [4.69, 9.17) is 0 Å². The summed E-state index contributed by atoms with van der Waals surface area (Å²) in [5.41, 5.74) is 2.24. The van der Waals surface area contributed by atoms with Crippen LogP contribution >= 0.6 is 0 Å². The summed E-state index contributed by atoms with van der Waals surface area (Å²) in [5.74, 6) is 0.371. The average Bonchev–Trinajstić information content (AvgIpc) is 2.50. The van der Waals surface area contributed by atoms with E-state index in [-0.39, 0.29) is 11.8 Å². The predicted molar refractivity (Wildman–Crippen MR) is 83.0 cm³/mol. The standard InChI is InChI=1S/C17H24N2O2/c1-3-6-16(20)18-9-11-19(12-10-18)17(21)13-15-8-5-4-7-14(15)2/h4-5,7-8H,3,6,9-13H2,1-2H3. The van der Waals surface area contributed by atoms with Gasteiger partial charge < -0.3 is 9.80 Å². The van der Waals surface area contributed by atoms with Crippen molar-refractivity contribution in [2.75, 3.05) is 26.2 Å². The average molecular weight is 288 g/mol. The number of aryl methyl sites for hydroxylation is 1. The highest BCUT2D eigenvalue weighted by Gasteiger charge is 2.23. The molecule has 0 aromatic heterocycles. The molecule has 0 N–H and O–H groups in total. The number of hydrogen-bond donors (Lipinski definition) is 0. The topological polar surface area (TPSA) is 40.6 Å². The number of carbonyl (C=O) groups is 2. The molecule has 0 spiro atoms. The number of nitrogens with zero attached hydrogens (tertiary/aromatic N) is 2. The molecule has 1 aliphatic heterocycles. The molecule has 0 saturated carbocycles. The van der Waals surface area contributed by atoms with Gasteiger partial charge in [0.25, 0.3) is 0 Å². The van der Waals surface area contributed by atoms with Gasteiger partial charge >= 0.3 is 0 Å². The van der Waals surface area contributed by atoms with Crippen molar-refractivity contribution in [1.82, 2.24) is 9.80 Å². The molecule has 21 heavy (non-hydrogen) atoms. The zero-order valence-corrected chi connectivity index (χ0v) is 13.0. The maximum atomic E-state index is 12.3. The maximum absolute atomic E-state index is 12.3. The summed E-state index contributed by atoms with van der Waals surface area (Å²) in [5, 5.41) is 0. The first-order chi connectivity index (χ1) is 10.1. The number of hydrogen-bond acceptors (Lipinski definition) is 2. The molecule has 1 aliphatic rings. The monoisotopic (exact) mass is 288 g/mol. The van der Waals surface area contributed by atoms with Gasteiger partial charge in [-0.1, -0.05) is 31.2 Å². The summed E-state index contributed by atoms with van der Waals surface area (Å²) in [4.78, 5) is 27.9. The third-order valence-corrected chi connectivity index (χ3v) is 4.05. The van der Waals surface area contributed by atoms with Crippen LogP contribution in [0.15, 0.2) is 24.3 Å². The third kappa shape index (κ3) is 4.06. The molecule has 0 unspecified atom stereocenters. The molecule has 0 atom stereocenters. The Labute approximate surface area is 126 Å². The molecule has 1 heterocycles. The van der Waals surface area contributed by atoms with E-state index in [2.05, 4.69) is 0 Å². The van der Waals surface area contributed by atoms with Crippen molar-refractivity contribution in [2.24, 2.45) is 0 Å². The quantitative estimate of drug-likeness (QED) is 0.850. The van der Waals surface area contributed by atoms with E-state index in [1.807, 2.05) is 47.9 Å². The molecule has 2 amide bonds. The van der Waals surface area contributed by atoms with E-state index in [1.54, 1.807) is 0 Å². The SMILES string of the molecule is CCCC(=O)N1CCN(C(=O)Cc2ccccc2C)CC1. The van der Waals surface area contributed by atoms with E-state index in [0.29, 0.717) is 39.0 Å². The Morgan fingerprint density at radius 3 is 2.14 bits per heavy atom. The van der Waals surface area contributed by atoms with Crippen LogP contribution in [0.5, 0.6) is 0 Å². The minimum atomic E-state index is 0.159. The van der Waals surface area contributed by atoms with Crippen LogP contribution in [0.3, 0.4) is 0 Å². The number of rotatable bonds is 4. The van der Waals surface area contributed by atoms with Crippen LogP contribution in [0.25, 0.3) is 0 Å². The molecule has 114 valence electrons. The Morgan fingerprint density at radius 1 is 1.00 bits per heavy atom. The molecule has 0 radical (unpaired) electrons. The molecule has 0 bridgehead atoms. The van der Waals surface area contributed by atoms with E-state index in [1.165, 1.54) is 0 Å². The lowest BCUT2D eigenvalue weighted by molar-refractivity contribution is -0.139. The Hall–Kier alpha value is -1.84. The molecule has 4 nitrogen and oxygen atoms in total. The van der Waals surface area contributed by atoms with Gasteiger partial charge in [-0.15, -0.1) is 0 Å². The molecule has 1 aromatic rings. The van der Waals surface area contributed by atoms with Crippen molar-refractivity contribution in [2.45, 2.75) is 33.1 Å². The van der Waals surface area contributed by atoms with Crippen LogP contribution in [0.4, 0.5) is 0 Å². The van der Waals surface area contributed by atoms with E-state index >= 15 is 0 Å². The third-order valence-electron chi connectivity index (χ3n) is 4.05. The largest absolute Gasteiger partial charge is 0.339 e. The first-order valence-electron chi connectivity index (χ1n) is 7.72. The Kier molecular flexibility index (Phi) is 5.37. The van der Waals surface area contributed by atoms with Crippen molar-refractivity contribution < 1.29 is 9.59 Å². The second-order valence-corrected chi connectivity index (χ2v) is 5.61. The lowest BCUT2D eigenvalue weighted by Gasteiger charge is -2.35. The molecular weight excluding hydrogens is 264 g/mol. The van der Waals surface area contributed by atoms with E-state index in [9.17, 15) is 9.59 Å². The fraction of sp³-hybridized carbons (Fsp3) is 0.529. The van der Waals surface area contributed by atoms with Gasteiger partial charge in [-0.05, 0) is 24.5 Å². The molecule has 4 heteroatoms. The van der Waals surface area contributed by atoms with Gasteiger partial charge in [0.1, 0.15) is 0 Å². The number of piperazine rings is 1. The summed E-state index contributed by atoms with van der Waals surface area (Å²) in [7, 11) is 0. The van der Waals surface area contributed by atoms with Crippen LogP contribution in [0.1, 0.15) is 30.9 Å². The van der Waals surface area contributed by atoms with Gasteiger partial charge in [-0.2, -0.15) is 0 Å². The van der Waals surface area contributed by atoms with Crippen molar-refractivity contribution in [3.63, 3.8) is 0 Å². The molecule has 1 fully saturated rings. The minimum absolute atomic E-state index is 0.159. The fourth-order valence-corrected chi connectivity index (χ4v) is 2.66. The molecule has 1 saturated heterocycles. The summed E-state index contributed by atoms with van der Waals surface area (Å²) >= 11 is 0. The summed E-state index contributed by atoms with van der Waals surface area (Å²) in [6, 6.07) is 8.00. The van der Waals surface area contributed by atoms with Gasteiger partial charge in [0.2, 0.25) is 11.8 Å². The lowest BCUT2D eigenvalue weighted by Crippen LogP contribution is -2.50. The van der Waals surface area contributed by atoms with Crippen molar-refractivity contribution in [3.05, 3.63) is 35.4 Å². The van der Waals surface area contributed by atoms with Gasteiger partial charge in [-0.25, -0.2) is 0 Å². The Bertz CT molecular complexity index is 505. The second kappa shape index (κ2) is 7.25. The van der Waals surface area contributed by atoms with Crippen LogP contribution < -0.4 is 0 Å². The molecular formula is C17H24N2O2. The summed E-state index contributed by atoms with van der Waals surface area (Å²) in [6.45, 7) is 6.68. The highest BCUT2D eigenvalue weighted by Crippen LogP contribution is 2.11. The highest BCUT2D eigenvalue weighted by atomic mass is 16.2. The van der Waals surface area contributed by atoms with Gasteiger partial charge in [0.15, 0.2) is 0 Å². The summed E-state index contributed by atoms with van der Waals surface area (Å²) in [6.07, 6.45) is 1.94. The zero-order chi connectivity index (χ0) is 15.2. The van der Waals surface area contributed by atoms with Crippen molar-refractivity contribution in [3.8, 4) is 0 Å². The molecule has 2 rings (SSSR count). The van der Waals surface area contributed by atoms with Crippen LogP contribution in [0.2, 0.25) is 0 Å². The van der Waals surface area contributed by atoms with Crippen LogP contribution in [0, 0.1) is 6.92 Å². The first-order valence-corrected chi connectivity index (χ1v) is 7.72. The Morgan fingerprint density at radius 2 is 1.57 bits per heavy atom. The fourth-order valence-electron chi connectivity index (χ4n) is 2.66. The number of benzene rings is 1. The van der Waals surface area contributed by atoms with Gasteiger partial charge in [-0.3, -0.25) is 9.59 Å². The summed E-state index contributed by atoms with van der Waals surface area (Å²) < 4.78 is 0. The second-order valence-electron chi connectivity index (χ2n) is 5.61. The molecule has 0 aliphatic carbocycles. The Balaban J connectivity index is 1.86. The van der Waals surface area contributed by atoms with E-state index in [0.717, 1.165) is 17.5 Å². The van der Waals surface area contributed by atoms with E-state index < -0.39 is 0 Å². The number of amides is 2. The van der Waals surface area contributed by atoms with Crippen LogP contribution in [-0.4, -0.2) is 47.8 Å². The highest BCUT2D eigenvalue weighted by molar-refractivity contribution is 5.80. The smallest absolute Gasteiger partial charge is 0.227 e. The van der Waals surface area contributed by atoms with Gasteiger partial charge in [0, 0.05) is 32.6 Å². The first kappa shape index (κ1) is 15.5. The minimum Gasteiger partial charge on any atom is -0.339 e. The van der Waals surface area contributed by atoms with Crippen molar-refractivity contribution >= 4 is 11.8 Å². The zero-order valence-electron chi connectivity index (χ0n) is 13.0. The van der Waals surface area contributed by atoms with Crippen LogP contribution in [-0.2, 0) is 16.0 Å². The molecule has 1 aromatic carbocycles. The predicted octanol–water partition coefficient (Wildman–Crippen LogP) is 2.01. The number of carbonyl (C=O) groups excluding carboxylic acids is 2. The normalized spacial score (nSPS) is 15.1. The maximum Gasteiger partial charge on any atom is 0.227 e. The van der Waals surface area contributed by atoms with Crippen molar-refractivity contribution in [1.29, 1.82) is 0 Å². The lowest BCUT2D eigenvalue weighted by atomic mass is 10.1. The van der Waals surface area contributed by atoms with Gasteiger partial charge in [0.05, 0.1) is 6.42 Å².